The largest absolute Gasteiger partial charge is 0.350 e. The molecule has 1 heterocycles. The number of hydrogen-bond donors (Lipinski definition) is 2. The maximum absolute atomic E-state index is 10.2. The van der Waals surface area contributed by atoms with Crippen LogP contribution in [0.25, 0.3) is 0 Å². The second-order valence-corrected chi connectivity index (χ2v) is 3.18. The monoisotopic (exact) mass is 187 g/mol. The Bertz CT molecular complexity index is 274. The van der Waals surface area contributed by atoms with Crippen LogP contribution in [0.4, 0.5) is 4.79 Å². The fourth-order valence-corrected chi connectivity index (χ4v) is 1.25. The van der Waals surface area contributed by atoms with Gasteiger partial charge >= 0.3 is 6.03 Å². The number of primary amides is 1. The number of carbonyl (C=O) groups excluding carboxylic acids is 1. The maximum Gasteiger partial charge on any atom is 0.336 e. The molecule has 0 aliphatic heterocycles. The van der Waals surface area contributed by atoms with Gasteiger partial charge in [0, 0.05) is 5.38 Å². The normalized spacial score (nSPS) is 9.75. The molecule has 0 saturated heterocycles. The van der Waals surface area contributed by atoms with Gasteiger partial charge in [-0.1, -0.05) is 0 Å². The molecule has 0 aliphatic rings. The lowest BCUT2D eigenvalue weighted by Gasteiger charge is -1.98. The highest BCUT2D eigenvalue weighted by Crippen LogP contribution is 2.07. The molecule has 66 valence electrons. The fraction of sp³-hybridized carbons (Fsp3) is 0.333. The molecular weight excluding hydrogens is 178 g/mol. The Kier molecular flexibility index (Phi) is 3.01. The summed E-state index contributed by atoms with van der Waals surface area (Å²) in [5.74, 6) is 0. The number of nitrogens with one attached hydrogen (secondary N) is 1. The Hall–Kier alpha value is -1.14. The van der Waals surface area contributed by atoms with Crippen LogP contribution in [-0.4, -0.2) is 11.0 Å². The molecule has 1 rings (SSSR count). The van der Waals surface area contributed by atoms with E-state index in [1.54, 1.807) is 0 Å². The van der Waals surface area contributed by atoms with Crippen molar-refractivity contribution in [1.29, 1.82) is 0 Å². The minimum Gasteiger partial charge on any atom is -0.350 e. The molecule has 0 saturated carbocycles. The summed E-state index contributed by atoms with van der Waals surface area (Å²) in [5, 5.41) is 2.82. The lowest BCUT2D eigenvalue weighted by Crippen LogP contribution is -2.29. The molecule has 1 aromatic heterocycles. The van der Waals surface area contributed by atoms with E-state index >= 15 is 0 Å². The summed E-state index contributed by atoms with van der Waals surface area (Å²) in [7, 11) is 0. The topological polar surface area (TPSA) is 77.2 Å². The van der Waals surface area contributed by atoms with Crippen LogP contribution in [0.5, 0.6) is 0 Å². The second-order valence-electron chi connectivity index (χ2n) is 2.11. The third-order valence-corrected chi connectivity index (χ3v) is 1.88. The van der Waals surface area contributed by atoms with Crippen LogP contribution in [0.15, 0.2) is 5.38 Å². The van der Waals surface area contributed by atoms with Crippen molar-refractivity contribution < 1.29 is 9.63 Å². The number of aryl methyl sites for hydroxylation is 1. The molecule has 5 nitrogen and oxygen atoms in total. The summed E-state index contributed by atoms with van der Waals surface area (Å²) in [6.07, 6.45) is 0. The molecule has 0 bridgehead atoms. The summed E-state index contributed by atoms with van der Waals surface area (Å²) in [5.41, 5.74) is 7.56. The van der Waals surface area contributed by atoms with E-state index in [4.69, 9.17) is 10.6 Å². The average molecular weight is 187 g/mol. The molecule has 0 atom stereocenters. The number of rotatable bonds is 3. The summed E-state index contributed by atoms with van der Waals surface area (Å²) < 4.78 is 0. The van der Waals surface area contributed by atoms with Gasteiger partial charge in [-0.25, -0.2) is 15.3 Å². The van der Waals surface area contributed by atoms with Gasteiger partial charge in [-0.3, -0.25) is 4.84 Å². The van der Waals surface area contributed by atoms with Crippen molar-refractivity contribution in [3.63, 3.8) is 0 Å². The number of amides is 2. The molecule has 0 aliphatic carbocycles. The fourth-order valence-electron chi connectivity index (χ4n) is 0.656. The minimum atomic E-state index is -0.707. The quantitative estimate of drug-likeness (QED) is 0.678. The van der Waals surface area contributed by atoms with E-state index in [1.807, 2.05) is 17.8 Å². The third-order valence-electron chi connectivity index (χ3n) is 1.06. The summed E-state index contributed by atoms with van der Waals surface area (Å²) in [6.45, 7) is 2.14. The average Bonchev–Trinajstić information content (AvgIpc) is 2.35. The first-order chi connectivity index (χ1) is 5.68. The zero-order valence-electron chi connectivity index (χ0n) is 6.53. The van der Waals surface area contributed by atoms with Crippen LogP contribution in [0.1, 0.15) is 10.7 Å². The lowest BCUT2D eigenvalue weighted by molar-refractivity contribution is 0.0504. The highest BCUT2D eigenvalue weighted by Gasteiger charge is 1.98. The van der Waals surface area contributed by atoms with E-state index in [2.05, 4.69) is 4.98 Å². The van der Waals surface area contributed by atoms with Crippen LogP contribution in [-0.2, 0) is 11.4 Å². The SMILES string of the molecule is Cc1nc(CONC(N)=O)cs1. The number of urea groups is 1. The van der Waals surface area contributed by atoms with Crippen LogP contribution in [0, 0.1) is 6.92 Å². The molecule has 2 amide bonds. The molecule has 6 heteroatoms. The first-order valence-corrected chi connectivity index (χ1v) is 4.14. The van der Waals surface area contributed by atoms with Gasteiger partial charge in [-0.05, 0) is 6.92 Å². The van der Waals surface area contributed by atoms with Crippen molar-refractivity contribution in [1.82, 2.24) is 10.5 Å². The standard InChI is InChI=1S/C6H9N3O2S/c1-4-8-5(3-12-4)2-11-9-6(7)10/h3H,2H2,1H3,(H3,7,9,10). The van der Waals surface area contributed by atoms with Crippen molar-refractivity contribution in [2.24, 2.45) is 5.73 Å². The van der Waals surface area contributed by atoms with Crippen molar-refractivity contribution >= 4 is 17.4 Å². The maximum atomic E-state index is 10.2. The molecular formula is C6H9N3O2S. The Morgan fingerprint density at radius 2 is 2.67 bits per heavy atom. The van der Waals surface area contributed by atoms with E-state index in [9.17, 15) is 4.79 Å². The number of carbonyl (C=O) groups is 1. The summed E-state index contributed by atoms with van der Waals surface area (Å²) in [4.78, 5) is 19.0. The number of hydrogen-bond acceptors (Lipinski definition) is 4. The van der Waals surface area contributed by atoms with Gasteiger partial charge in [-0.15, -0.1) is 11.3 Å². The zero-order chi connectivity index (χ0) is 8.97. The molecule has 1 aromatic rings. The Labute approximate surface area is 73.5 Å². The first-order valence-electron chi connectivity index (χ1n) is 3.26. The van der Waals surface area contributed by atoms with Crippen LogP contribution < -0.4 is 11.2 Å². The zero-order valence-corrected chi connectivity index (χ0v) is 7.35. The minimum absolute atomic E-state index is 0.243. The van der Waals surface area contributed by atoms with Gasteiger partial charge in [0.1, 0.15) is 6.61 Å². The Balaban J connectivity index is 2.29. The van der Waals surface area contributed by atoms with Crippen molar-refractivity contribution in [2.45, 2.75) is 13.5 Å². The van der Waals surface area contributed by atoms with Gasteiger partial charge in [0.2, 0.25) is 0 Å². The molecule has 12 heavy (non-hydrogen) atoms. The number of aromatic nitrogens is 1. The molecule has 3 N–H and O–H groups in total. The molecule has 0 unspecified atom stereocenters. The number of nitrogens with two attached hydrogens (primary N) is 1. The van der Waals surface area contributed by atoms with E-state index < -0.39 is 6.03 Å². The molecule has 0 aromatic carbocycles. The second kappa shape index (κ2) is 4.03. The Morgan fingerprint density at radius 1 is 1.92 bits per heavy atom. The van der Waals surface area contributed by atoms with Crippen LogP contribution in [0.3, 0.4) is 0 Å². The smallest absolute Gasteiger partial charge is 0.336 e. The molecule has 0 fully saturated rings. The predicted molar refractivity (Wildman–Crippen MR) is 44.4 cm³/mol. The van der Waals surface area contributed by atoms with Crippen molar-refractivity contribution in [2.75, 3.05) is 0 Å². The number of thiazole rings is 1. The van der Waals surface area contributed by atoms with E-state index in [0.717, 1.165) is 10.7 Å². The molecule has 0 spiro atoms. The third kappa shape index (κ3) is 2.85. The Morgan fingerprint density at radius 3 is 3.17 bits per heavy atom. The number of nitrogens with zero attached hydrogens (tertiary/aromatic N) is 1. The van der Waals surface area contributed by atoms with E-state index in [-0.39, 0.29) is 6.61 Å². The van der Waals surface area contributed by atoms with E-state index in [0.29, 0.717) is 0 Å². The first kappa shape index (κ1) is 8.95. The lowest BCUT2D eigenvalue weighted by atomic mass is 10.5. The van der Waals surface area contributed by atoms with Gasteiger partial charge in [0.25, 0.3) is 0 Å². The van der Waals surface area contributed by atoms with Gasteiger partial charge < -0.3 is 5.73 Å². The summed E-state index contributed by atoms with van der Waals surface area (Å²) >= 11 is 1.53. The molecule has 0 radical (unpaired) electrons. The highest BCUT2D eigenvalue weighted by atomic mass is 32.1. The number of hydroxylamine groups is 1. The van der Waals surface area contributed by atoms with Crippen LogP contribution in [0.2, 0.25) is 0 Å². The van der Waals surface area contributed by atoms with Crippen molar-refractivity contribution in [3.05, 3.63) is 16.1 Å². The van der Waals surface area contributed by atoms with Crippen molar-refractivity contribution in [3.8, 4) is 0 Å². The van der Waals surface area contributed by atoms with Gasteiger partial charge in [0.15, 0.2) is 0 Å². The highest BCUT2D eigenvalue weighted by molar-refractivity contribution is 7.09. The van der Waals surface area contributed by atoms with E-state index in [1.165, 1.54) is 11.3 Å². The van der Waals surface area contributed by atoms with Gasteiger partial charge in [0.05, 0.1) is 10.7 Å². The summed E-state index contributed by atoms with van der Waals surface area (Å²) in [6, 6.07) is -0.707. The van der Waals surface area contributed by atoms with Gasteiger partial charge in [-0.2, -0.15) is 0 Å². The predicted octanol–water partition coefficient (Wildman–Crippen LogP) is 0.551. The van der Waals surface area contributed by atoms with Crippen LogP contribution >= 0.6 is 11.3 Å².